The highest BCUT2D eigenvalue weighted by atomic mass is 35.5. The van der Waals surface area contributed by atoms with E-state index in [2.05, 4.69) is 24.0 Å². The maximum Gasteiger partial charge on any atom is 0.329 e. The van der Waals surface area contributed by atoms with Gasteiger partial charge in [-0.1, -0.05) is 42.3 Å². The summed E-state index contributed by atoms with van der Waals surface area (Å²) in [7, 11) is 0. The van der Waals surface area contributed by atoms with Crippen molar-refractivity contribution in [2.45, 2.75) is 45.7 Å². The van der Waals surface area contributed by atoms with Crippen LogP contribution in [0, 0.1) is 5.92 Å². The highest BCUT2D eigenvalue weighted by Gasteiger charge is 2.42. The lowest BCUT2D eigenvalue weighted by atomic mass is 9.93. The first-order valence-corrected chi connectivity index (χ1v) is 9.55. The molecule has 0 spiro atoms. The van der Waals surface area contributed by atoms with Crippen molar-refractivity contribution in [3.05, 3.63) is 57.2 Å². The van der Waals surface area contributed by atoms with E-state index in [-0.39, 0.29) is 17.9 Å². The zero-order chi connectivity index (χ0) is 18.0. The quantitative estimate of drug-likeness (QED) is 0.658. The second kappa shape index (κ2) is 7.84. The smallest absolute Gasteiger partial charge is 0.329 e. The van der Waals surface area contributed by atoms with Crippen molar-refractivity contribution in [1.82, 2.24) is 4.90 Å². The van der Waals surface area contributed by atoms with Gasteiger partial charge in [-0.2, -0.15) is 0 Å². The van der Waals surface area contributed by atoms with E-state index < -0.39 is 0 Å². The van der Waals surface area contributed by atoms with Crippen molar-refractivity contribution >= 4 is 29.2 Å². The first-order valence-electron chi connectivity index (χ1n) is 8.79. The van der Waals surface area contributed by atoms with Gasteiger partial charge < -0.3 is 9.64 Å². The Labute approximate surface area is 159 Å². The van der Waals surface area contributed by atoms with Crippen molar-refractivity contribution in [2.24, 2.45) is 5.92 Å². The summed E-state index contributed by atoms with van der Waals surface area (Å²) in [5.74, 6) is -0.00361. The number of halogens is 2. The summed E-state index contributed by atoms with van der Waals surface area (Å²) in [5.41, 5.74) is 3.54. The molecular formula is C20H23Cl2NO2. The molecule has 1 aromatic rings. The minimum absolute atomic E-state index is 0.152. The Kier molecular flexibility index (Phi) is 5.75. The predicted molar refractivity (Wildman–Crippen MR) is 102 cm³/mol. The highest BCUT2D eigenvalue weighted by Crippen LogP contribution is 2.40. The van der Waals surface area contributed by atoms with E-state index in [0.29, 0.717) is 23.2 Å². The van der Waals surface area contributed by atoms with E-state index in [1.807, 2.05) is 19.1 Å². The zero-order valence-corrected chi connectivity index (χ0v) is 16.1. The van der Waals surface area contributed by atoms with Gasteiger partial charge in [0.2, 0.25) is 0 Å². The lowest BCUT2D eigenvalue weighted by Crippen LogP contribution is -2.40. The SMILES string of the molecule is CCOC(=O)C1C(C)C2=C(C=CCCC2)N1Cc1ccc(Cl)c(Cl)c1. The van der Waals surface area contributed by atoms with E-state index in [4.69, 9.17) is 27.9 Å². The Morgan fingerprint density at radius 1 is 1.32 bits per heavy atom. The van der Waals surface area contributed by atoms with Crippen molar-refractivity contribution < 1.29 is 9.53 Å². The summed E-state index contributed by atoms with van der Waals surface area (Å²) in [6, 6.07) is 5.34. The highest BCUT2D eigenvalue weighted by molar-refractivity contribution is 6.42. The molecule has 0 N–H and O–H groups in total. The monoisotopic (exact) mass is 379 g/mol. The summed E-state index contributed by atoms with van der Waals surface area (Å²) in [6.45, 7) is 4.97. The van der Waals surface area contributed by atoms with Gasteiger partial charge in [-0.25, -0.2) is 4.79 Å². The van der Waals surface area contributed by atoms with Crippen LogP contribution in [-0.2, 0) is 16.1 Å². The summed E-state index contributed by atoms with van der Waals surface area (Å²) < 4.78 is 5.37. The molecule has 1 heterocycles. The number of carbonyl (C=O) groups excluding carboxylic acids is 1. The molecule has 2 atom stereocenters. The standard InChI is InChI=1S/C20H23Cl2NO2/c1-3-25-20(24)19-13(2)15-7-5-4-6-8-18(15)23(19)12-14-9-10-16(21)17(22)11-14/h6,8-11,13,19H,3-5,7,12H2,1-2H3. The molecule has 1 aliphatic carbocycles. The fourth-order valence-electron chi connectivity index (χ4n) is 3.77. The summed E-state index contributed by atoms with van der Waals surface area (Å²) in [4.78, 5) is 14.8. The van der Waals surface area contributed by atoms with Crippen LogP contribution >= 0.6 is 23.2 Å². The molecule has 3 rings (SSSR count). The molecule has 0 aromatic heterocycles. The van der Waals surface area contributed by atoms with Crippen molar-refractivity contribution in [1.29, 1.82) is 0 Å². The molecule has 5 heteroatoms. The number of ether oxygens (including phenoxy) is 1. The lowest BCUT2D eigenvalue weighted by molar-refractivity contribution is -0.149. The summed E-state index contributed by atoms with van der Waals surface area (Å²) in [6.07, 6.45) is 7.58. The zero-order valence-electron chi connectivity index (χ0n) is 14.6. The molecule has 0 saturated carbocycles. The fourth-order valence-corrected chi connectivity index (χ4v) is 4.09. The van der Waals surface area contributed by atoms with Crippen LogP contribution in [-0.4, -0.2) is 23.5 Å². The van der Waals surface area contributed by atoms with Crippen molar-refractivity contribution in [3.8, 4) is 0 Å². The Morgan fingerprint density at radius 2 is 2.12 bits per heavy atom. The second-order valence-electron chi connectivity index (χ2n) is 6.57. The average Bonchev–Trinajstić information content (AvgIpc) is 2.75. The van der Waals surface area contributed by atoms with Crippen LogP contribution in [0.4, 0.5) is 0 Å². The van der Waals surface area contributed by atoms with E-state index >= 15 is 0 Å². The molecule has 0 saturated heterocycles. The molecule has 0 fully saturated rings. The summed E-state index contributed by atoms with van der Waals surface area (Å²) in [5, 5.41) is 1.07. The van der Waals surface area contributed by atoms with Gasteiger partial charge in [0.1, 0.15) is 6.04 Å². The molecule has 0 amide bonds. The molecule has 1 aromatic carbocycles. The molecular weight excluding hydrogens is 357 g/mol. The largest absolute Gasteiger partial charge is 0.464 e. The molecule has 1 aliphatic heterocycles. The minimum Gasteiger partial charge on any atom is -0.464 e. The first-order chi connectivity index (χ1) is 12.0. The van der Waals surface area contributed by atoms with Crippen LogP contribution < -0.4 is 0 Å². The Bertz CT molecular complexity index is 726. The number of nitrogens with zero attached hydrogens (tertiary/aromatic N) is 1. The number of esters is 1. The minimum atomic E-state index is -0.290. The van der Waals surface area contributed by atoms with E-state index in [1.165, 1.54) is 5.57 Å². The molecule has 2 unspecified atom stereocenters. The van der Waals surface area contributed by atoms with Crippen LogP contribution in [0.25, 0.3) is 0 Å². The summed E-state index contributed by atoms with van der Waals surface area (Å²) >= 11 is 12.2. The molecule has 2 aliphatic rings. The molecule has 0 radical (unpaired) electrons. The van der Waals surface area contributed by atoms with E-state index in [9.17, 15) is 4.79 Å². The first kappa shape index (κ1) is 18.3. The van der Waals surface area contributed by atoms with Crippen LogP contribution in [0.15, 0.2) is 41.6 Å². The number of hydrogen-bond donors (Lipinski definition) is 0. The number of allylic oxidation sites excluding steroid dienone is 2. The normalized spacial score (nSPS) is 22.8. The van der Waals surface area contributed by atoms with Crippen LogP contribution in [0.5, 0.6) is 0 Å². The number of benzene rings is 1. The van der Waals surface area contributed by atoms with Gasteiger partial charge in [-0.15, -0.1) is 0 Å². The van der Waals surface area contributed by atoms with Gasteiger partial charge >= 0.3 is 5.97 Å². The van der Waals surface area contributed by atoms with Gasteiger partial charge in [0.05, 0.1) is 16.7 Å². The van der Waals surface area contributed by atoms with Gasteiger partial charge in [-0.3, -0.25) is 0 Å². The Hall–Kier alpha value is -1.45. The van der Waals surface area contributed by atoms with Crippen LogP contribution in [0.2, 0.25) is 10.0 Å². The molecule has 0 bridgehead atoms. The van der Waals surface area contributed by atoms with Gasteiger partial charge in [0, 0.05) is 18.2 Å². The second-order valence-corrected chi connectivity index (χ2v) is 7.38. The topological polar surface area (TPSA) is 29.5 Å². The van der Waals surface area contributed by atoms with Crippen LogP contribution in [0.1, 0.15) is 38.7 Å². The van der Waals surface area contributed by atoms with Crippen molar-refractivity contribution in [3.63, 3.8) is 0 Å². The molecule has 134 valence electrons. The predicted octanol–water partition coefficient (Wildman–Crippen LogP) is 5.37. The van der Waals surface area contributed by atoms with Gasteiger partial charge in [-0.05, 0) is 55.5 Å². The third kappa shape index (κ3) is 3.73. The van der Waals surface area contributed by atoms with Gasteiger partial charge in [0.25, 0.3) is 0 Å². The number of carbonyl (C=O) groups is 1. The van der Waals surface area contributed by atoms with E-state index in [0.717, 1.165) is 30.5 Å². The maximum absolute atomic E-state index is 12.6. The van der Waals surface area contributed by atoms with Gasteiger partial charge in [0.15, 0.2) is 0 Å². The van der Waals surface area contributed by atoms with Crippen molar-refractivity contribution in [2.75, 3.05) is 6.61 Å². The fraction of sp³-hybridized carbons (Fsp3) is 0.450. The van der Waals surface area contributed by atoms with Crippen LogP contribution in [0.3, 0.4) is 0 Å². The number of hydrogen-bond acceptors (Lipinski definition) is 3. The lowest BCUT2D eigenvalue weighted by Gasteiger charge is -2.29. The third-order valence-corrected chi connectivity index (χ3v) is 5.69. The average molecular weight is 380 g/mol. The Morgan fingerprint density at radius 3 is 2.84 bits per heavy atom. The molecule has 25 heavy (non-hydrogen) atoms. The number of rotatable bonds is 4. The maximum atomic E-state index is 12.6. The Balaban J connectivity index is 1.95. The molecule has 3 nitrogen and oxygen atoms in total. The third-order valence-electron chi connectivity index (χ3n) is 4.96. The van der Waals surface area contributed by atoms with E-state index in [1.54, 1.807) is 6.07 Å².